The van der Waals surface area contributed by atoms with Gasteiger partial charge in [-0.05, 0) is 72.8 Å². The molecule has 2 aliphatic rings. The van der Waals surface area contributed by atoms with Gasteiger partial charge in [-0.3, -0.25) is 9.80 Å². The molecule has 0 unspecified atom stereocenters. The molecule has 210 valence electrons. The minimum absolute atomic E-state index is 0.809. The molecular weight excluding hydrogens is 540 g/mol. The van der Waals surface area contributed by atoms with Crippen LogP contribution in [0.5, 0.6) is 0 Å². The van der Waals surface area contributed by atoms with E-state index in [4.69, 9.17) is 9.97 Å². The lowest BCUT2D eigenvalue weighted by atomic mass is 10.2. The summed E-state index contributed by atoms with van der Waals surface area (Å²) in [6.07, 6.45) is 4.17. The van der Waals surface area contributed by atoms with Gasteiger partial charge in [-0.1, -0.05) is 72.8 Å². The quantitative estimate of drug-likeness (QED) is 0.216. The van der Waals surface area contributed by atoms with Crippen LogP contribution in [0.15, 0.2) is 157 Å². The van der Waals surface area contributed by atoms with Crippen molar-refractivity contribution in [3.63, 3.8) is 0 Å². The van der Waals surface area contributed by atoms with Crippen molar-refractivity contribution in [2.24, 2.45) is 0 Å². The van der Waals surface area contributed by atoms with Gasteiger partial charge in [0, 0.05) is 23.5 Å². The summed E-state index contributed by atoms with van der Waals surface area (Å²) in [6.45, 7) is 0. The summed E-state index contributed by atoms with van der Waals surface area (Å²) in [5.74, 6) is 1.89. The monoisotopic (exact) mass is 568 g/mol. The SMILES string of the molecule is C(=C1Nc2ccccc2N1c1ccccc1)c1cccc(-c2cccc(C=C3Nc4ccccc4N3c3ccccc3)n2)n1. The molecule has 2 aliphatic heterocycles. The molecule has 6 aromatic rings. The number of benzene rings is 4. The van der Waals surface area contributed by atoms with Crippen LogP contribution >= 0.6 is 0 Å². The molecule has 6 heteroatoms. The number of nitrogens with one attached hydrogen (secondary N) is 2. The fourth-order valence-corrected chi connectivity index (χ4v) is 5.74. The van der Waals surface area contributed by atoms with E-state index in [1.165, 1.54) is 0 Å². The molecule has 44 heavy (non-hydrogen) atoms. The highest BCUT2D eigenvalue weighted by Crippen LogP contribution is 2.43. The number of pyridine rings is 2. The summed E-state index contributed by atoms with van der Waals surface area (Å²) in [5.41, 5.74) is 9.81. The van der Waals surface area contributed by atoms with Gasteiger partial charge in [0.1, 0.15) is 11.6 Å². The largest absolute Gasteiger partial charge is 0.340 e. The normalized spacial score (nSPS) is 15.2. The Hall–Kier alpha value is -6.14. The molecule has 0 radical (unpaired) electrons. The average Bonchev–Trinajstić information content (AvgIpc) is 3.63. The highest BCUT2D eigenvalue weighted by molar-refractivity contribution is 5.91. The van der Waals surface area contributed by atoms with Gasteiger partial charge >= 0.3 is 0 Å². The molecule has 0 saturated carbocycles. The molecule has 0 fully saturated rings. The first-order chi connectivity index (χ1) is 21.8. The van der Waals surface area contributed by atoms with E-state index >= 15 is 0 Å². The predicted octanol–water partition coefficient (Wildman–Crippen LogP) is 9.27. The maximum absolute atomic E-state index is 5.01. The molecule has 8 rings (SSSR count). The molecular formula is C38H28N6. The third-order valence-electron chi connectivity index (χ3n) is 7.70. The van der Waals surface area contributed by atoms with E-state index in [1.54, 1.807) is 0 Å². The first-order valence-corrected chi connectivity index (χ1v) is 14.6. The second-order valence-corrected chi connectivity index (χ2v) is 10.6. The zero-order chi connectivity index (χ0) is 29.3. The van der Waals surface area contributed by atoms with Crippen LogP contribution in [0.25, 0.3) is 23.5 Å². The zero-order valence-corrected chi connectivity index (χ0v) is 23.8. The van der Waals surface area contributed by atoms with E-state index in [2.05, 4.69) is 118 Å². The molecule has 0 bridgehead atoms. The van der Waals surface area contributed by atoms with Crippen molar-refractivity contribution in [3.05, 3.63) is 169 Å². The Kier molecular flexibility index (Phi) is 6.35. The Morgan fingerprint density at radius 3 is 1.27 bits per heavy atom. The van der Waals surface area contributed by atoms with Gasteiger partial charge < -0.3 is 10.6 Å². The van der Waals surface area contributed by atoms with Gasteiger partial charge in [-0.15, -0.1) is 0 Å². The molecule has 4 heterocycles. The van der Waals surface area contributed by atoms with Crippen molar-refractivity contribution in [3.8, 4) is 11.4 Å². The van der Waals surface area contributed by atoms with Gasteiger partial charge in [0.15, 0.2) is 0 Å². The Bertz CT molecular complexity index is 1890. The number of nitrogens with zero attached hydrogens (tertiary/aromatic N) is 4. The van der Waals surface area contributed by atoms with Crippen LogP contribution in [-0.4, -0.2) is 9.97 Å². The van der Waals surface area contributed by atoms with E-state index in [0.29, 0.717) is 0 Å². The zero-order valence-electron chi connectivity index (χ0n) is 23.8. The summed E-state index contributed by atoms with van der Waals surface area (Å²) in [5, 5.41) is 7.15. The number of fused-ring (bicyclic) bond motifs is 2. The molecule has 0 aliphatic carbocycles. The Labute approximate surface area is 256 Å². The van der Waals surface area contributed by atoms with Crippen LogP contribution in [0.1, 0.15) is 11.4 Å². The van der Waals surface area contributed by atoms with Crippen LogP contribution < -0.4 is 20.4 Å². The molecule has 2 aromatic heterocycles. The molecule has 4 aromatic carbocycles. The first kappa shape index (κ1) is 25.6. The van der Waals surface area contributed by atoms with Crippen molar-refractivity contribution < 1.29 is 0 Å². The fourth-order valence-electron chi connectivity index (χ4n) is 5.74. The van der Waals surface area contributed by atoms with Gasteiger partial charge in [0.05, 0.1) is 45.5 Å². The molecule has 0 amide bonds. The topological polar surface area (TPSA) is 56.3 Å². The van der Waals surface area contributed by atoms with Gasteiger partial charge in [0.2, 0.25) is 0 Å². The van der Waals surface area contributed by atoms with E-state index < -0.39 is 0 Å². The molecule has 0 saturated heterocycles. The van der Waals surface area contributed by atoms with Gasteiger partial charge in [0.25, 0.3) is 0 Å². The second kappa shape index (κ2) is 10.9. The van der Waals surface area contributed by atoms with Crippen molar-refractivity contribution >= 4 is 46.3 Å². The average molecular weight is 569 g/mol. The summed E-state index contributed by atoms with van der Waals surface area (Å²) < 4.78 is 0. The first-order valence-electron chi connectivity index (χ1n) is 14.6. The summed E-state index contributed by atoms with van der Waals surface area (Å²) in [6, 6.07) is 49.5. The van der Waals surface area contributed by atoms with E-state index in [0.717, 1.165) is 68.5 Å². The Morgan fingerprint density at radius 1 is 0.409 bits per heavy atom. The predicted molar refractivity (Wildman–Crippen MR) is 181 cm³/mol. The summed E-state index contributed by atoms with van der Waals surface area (Å²) >= 11 is 0. The Morgan fingerprint density at radius 2 is 0.818 bits per heavy atom. The molecule has 6 nitrogen and oxygen atoms in total. The number of anilines is 6. The van der Waals surface area contributed by atoms with Crippen molar-refractivity contribution in [2.75, 3.05) is 20.4 Å². The van der Waals surface area contributed by atoms with E-state index in [-0.39, 0.29) is 0 Å². The maximum Gasteiger partial charge on any atom is 0.117 e. The lowest BCUT2D eigenvalue weighted by Crippen LogP contribution is -2.14. The number of hydrogen-bond donors (Lipinski definition) is 2. The molecule has 2 N–H and O–H groups in total. The lowest BCUT2D eigenvalue weighted by Gasteiger charge is -2.20. The highest BCUT2D eigenvalue weighted by atomic mass is 15.3. The number of aromatic nitrogens is 2. The summed E-state index contributed by atoms with van der Waals surface area (Å²) in [4.78, 5) is 14.5. The second-order valence-electron chi connectivity index (χ2n) is 10.6. The maximum atomic E-state index is 5.01. The minimum Gasteiger partial charge on any atom is -0.340 e. The smallest absolute Gasteiger partial charge is 0.117 e. The van der Waals surface area contributed by atoms with Crippen molar-refractivity contribution in [1.29, 1.82) is 0 Å². The van der Waals surface area contributed by atoms with Crippen LogP contribution in [0.2, 0.25) is 0 Å². The molecule has 0 atom stereocenters. The van der Waals surface area contributed by atoms with Crippen LogP contribution in [0, 0.1) is 0 Å². The standard InChI is InChI=1S/C38H28N6/c1-3-15-29(16-4-1)43-35-23-9-7-19-33(35)41-37(43)25-27-13-11-21-31(39-27)32-22-12-14-28(40-32)26-38-42-34-20-8-10-24-36(34)44(38)30-17-5-2-6-18-30/h1-26,41-42H. The van der Waals surface area contributed by atoms with Crippen LogP contribution in [0.4, 0.5) is 34.1 Å². The van der Waals surface area contributed by atoms with E-state index in [1.807, 2.05) is 60.7 Å². The molecule has 0 spiro atoms. The van der Waals surface area contributed by atoms with Crippen molar-refractivity contribution in [1.82, 2.24) is 9.97 Å². The third-order valence-corrected chi connectivity index (χ3v) is 7.70. The highest BCUT2D eigenvalue weighted by Gasteiger charge is 2.26. The Balaban J connectivity index is 1.13. The van der Waals surface area contributed by atoms with Crippen LogP contribution in [-0.2, 0) is 0 Å². The fraction of sp³-hybridized carbons (Fsp3) is 0. The number of rotatable bonds is 5. The van der Waals surface area contributed by atoms with Gasteiger partial charge in [-0.25, -0.2) is 9.97 Å². The van der Waals surface area contributed by atoms with Gasteiger partial charge in [-0.2, -0.15) is 0 Å². The number of hydrogen-bond acceptors (Lipinski definition) is 6. The lowest BCUT2D eigenvalue weighted by molar-refractivity contribution is 1.19. The third kappa shape index (κ3) is 4.74. The number of para-hydroxylation sites is 6. The summed E-state index contributed by atoms with van der Waals surface area (Å²) in [7, 11) is 0. The van der Waals surface area contributed by atoms with Crippen molar-refractivity contribution in [2.45, 2.75) is 0 Å². The van der Waals surface area contributed by atoms with E-state index in [9.17, 15) is 0 Å². The minimum atomic E-state index is 0.809. The van der Waals surface area contributed by atoms with Crippen LogP contribution in [0.3, 0.4) is 0 Å².